The molecule has 0 saturated carbocycles. The van der Waals surface area contributed by atoms with Gasteiger partial charge >= 0.3 is 12.1 Å². The molecule has 3 N–H and O–H groups in total. The molecule has 4 rings (SSSR count). The van der Waals surface area contributed by atoms with Crippen molar-refractivity contribution in [3.05, 3.63) is 82.0 Å². The number of alkyl carbamates (subject to hydrolysis) is 1. The minimum Gasteiger partial charge on any atom is -0.481 e. The number of amides is 2. The van der Waals surface area contributed by atoms with E-state index in [1.807, 2.05) is 55.6 Å². The fourth-order valence-electron chi connectivity index (χ4n) is 4.45. The van der Waals surface area contributed by atoms with Crippen molar-refractivity contribution in [1.82, 2.24) is 10.6 Å². The predicted octanol–water partition coefficient (Wildman–Crippen LogP) is 4.94. The molecule has 1 aliphatic rings. The van der Waals surface area contributed by atoms with Crippen molar-refractivity contribution >= 4 is 29.3 Å². The Morgan fingerprint density at radius 2 is 1.57 bits per heavy atom. The van der Waals surface area contributed by atoms with E-state index >= 15 is 0 Å². The van der Waals surface area contributed by atoms with Crippen LogP contribution in [0.3, 0.4) is 0 Å². The topological polar surface area (TPSA) is 105 Å². The fourth-order valence-corrected chi connectivity index (χ4v) is 5.23. The van der Waals surface area contributed by atoms with Crippen LogP contribution in [-0.2, 0) is 14.3 Å². The second-order valence-corrected chi connectivity index (χ2v) is 9.85. The maximum absolute atomic E-state index is 13.0. The van der Waals surface area contributed by atoms with Crippen molar-refractivity contribution in [2.75, 3.05) is 6.61 Å². The third-order valence-corrected chi connectivity index (χ3v) is 7.13. The van der Waals surface area contributed by atoms with Crippen molar-refractivity contribution in [3.63, 3.8) is 0 Å². The van der Waals surface area contributed by atoms with Gasteiger partial charge in [-0.3, -0.25) is 9.59 Å². The number of nitrogens with one attached hydrogen (secondary N) is 2. The van der Waals surface area contributed by atoms with Gasteiger partial charge in [-0.15, -0.1) is 11.3 Å². The molecule has 0 saturated heterocycles. The number of benzene rings is 2. The summed E-state index contributed by atoms with van der Waals surface area (Å²) in [5.74, 6) is -1.79. The zero-order chi connectivity index (χ0) is 24.9. The van der Waals surface area contributed by atoms with E-state index in [4.69, 9.17) is 4.74 Å². The van der Waals surface area contributed by atoms with E-state index in [0.29, 0.717) is 0 Å². The average molecular weight is 493 g/mol. The molecular weight excluding hydrogens is 464 g/mol. The van der Waals surface area contributed by atoms with Crippen molar-refractivity contribution in [3.8, 4) is 11.1 Å². The van der Waals surface area contributed by atoms with Crippen LogP contribution >= 0.6 is 11.3 Å². The molecule has 0 radical (unpaired) electrons. The second-order valence-electron chi connectivity index (χ2n) is 8.87. The molecule has 7 nitrogen and oxygen atoms in total. The van der Waals surface area contributed by atoms with E-state index in [0.717, 1.165) is 27.1 Å². The summed E-state index contributed by atoms with van der Waals surface area (Å²) in [5, 5.41) is 16.5. The van der Waals surface area contributed by atoms with Crippen LogP contribution in [0.25, 0.3) is 11.1 Å². The maximum atomic E-state index is 13.0. The number of aliphatic carboxylic acids is 1. The molecule has 2 amide bonds. The van der Waals surface area contributed by atoms with Crippen molar-refractivity contribution in [2.24, 2.45) is 5.92 Å². The Morgan fingerprint density at radius 1 is 0.943 bits per heavy atom. The standard InChI is InChI=1S/C27H28N2O5S/c1-16(2)25(26(32)28-22(14-24(30)31)23-12-7-13-35-23)29-27(33)34-15-21-19-10-5-3-8-17(19)18-9-4-6-11-20(18)21/h3-13,16,21-22,25H,14-15H2,1-2H3,(H,28,32)(H,29,33)(H,30,31). The molecule has 0 spiro atoms. The van der Waals surface area contributed by atoms with E-state index in [9.17, 15) is 19.5 Å². The van der Waals surface area contributed by atoms with Gasteiger partial charge in [0.1, 0.15) is 12.6 Å². The molecule has 8 heteroatoms. The lowest BCUT2D eigenvalue weighted by Gasteiger charge is -2.25. The van der Waals surface area contributed by atoms with Crippen LogP contribution in [0.2, 0.25) is 0 Å². The first-order valence-electron chi connectivity index (χ1n) is 11.5. The van der Waals surface area contributed by atoms with E-state index < -0.39 is 30.1 Å². The van der Waals surface area contributed by atoms with E-state index in [1.165, 1.54) is 11.3 Å². The van der Waals surface area contributed by atoms with Crippen LogP contribution < -0.4 is 10.6 Å². The number of carbonyl (C=O) groups excluding carboxylic acids is 2. The molecule has 2 unspecified atom stereocenters. The zero-order valence-corrected chi connectivity index (χ0v) is 20.4. The summed E-state index contributed by atoms with van der Waals surface area (Å²) < 4.78 is 5.59. The van der Waals surface area contributed by atoms with E-state index in [-0.39, 0.29) is 24.9 Å². The molecule has 1 aliphatic carbocycles. The number of fused-ring (bicyclic) bond motifs is 3. The molecule has 1 heterocycles. The largest absolute Gasteiger partial charge is 0.481 e. The van der Waals surface area contributed by atoms with Crippen LogP contribution in [0.15, 0.2) is 66.0 Å². The molecule has 0 bridgehead atoms. The fraction of sp³-hybridized carbons (Fsp3) is 0.296. The van der Waals surface area contributed by atoms with Crippen molar-refractivity contribution in [2.45, 2.75) is 38.3 Å². The minimum absolute atomic E-state index is 0.0850. The second kappa shape index (κ2) is 10.7. The predicted molar refractivity (Wildman–Crippen MR) is 134 cm³/mol. The number of hydrogen-bond donors (Lipinski definition) is 3. The monoisotopic (exact) mass is 492 g/mol. The Bertz CT molecular complexity index is 1160. The number of carboxylic acids is 1. The Hall–Kier alpha value is -3.65. The summed E-state index contributed by atoms with van der Waals surface area (Å²) in [4.78, 5) is 37.8. The first-order valence-corrected chi connectivity index (χ1v) is 12.4. The number of thiophene rings is 1. The third kappa shape index (κ3) is 5.54. The first kappa shape index (κ1) is 24.5. The summed E-state index contributed by atoms with van der Waals surface area (Å²) in [6.45, 7) is 3.76. The summed E-state index contributed by atoms with van der Waals surface area (Å²) in [6.07, 6.45) is -0.936. The lowest BCUT2D eigenvalue weighted by molar-refractivity contribution is -0.137. The molecule has 1 aromatic heterocycles. The maximum Gasteiger partial charge on any atom is 0.407 e. The van der Waals surface area contributed by atoms with Crippen LogP contribution in [-0.4, -0.2) is 35.7 Å². The Balaban J connectivity index is 1.41. The number of carboxylic acid groups (broad SMARTS) is 1. The van der Waals surface area contributed by atoms with Crippen molar-refractivity contribution < 1.29 is 24.2 Å². The van der Waals surface area contributed by atoms with Gasteiger partial charge in [0, 0.05) is 10.8 Å². The first-order chi connectivity index (χ1) is 16.8. The highest BCUT2D eigenvalue weighted by molar-refractivity contribution is 7.10. The van der Waals surface area contributed by atoms with Crippen LogP contribution in [0, 0.1) is 5.92 Å². The molecule has 2 aromatic carbocycles. The number of carbonyl (C=O) groups is 3. The third-order valence-electron chi connectivity index (χ3n) is 6.15. The lowest BCUT2D eigenvalue weighted by atomic mass is 9.98. The molecule has 2 atom stereocenters. The van der Waals surface area contributed by atoms with Gasteiger partial charge in [-0.2, -0.15) is 0 Å². The van der Waals surface area contributed by atoms with E-state index in [1.54, 1.807) is 12.1 Å². The summed E-state index contributed by atoms with van der Waals surface area (Å²) in [6, 6.07) is 18.2. The van der Waals surface area contributed by atoms with Crippen LogP contribution in [0.4, 0.5) is 4.79 Å². The van der Waals surface area contributed by atoms with Crippen molar-refractivity contribution in [1.29, 1.82) is 0 Å². The SMILES string of the molecule is CC(C)C(NC(=O)OCC1c2ccccc2-c2ccccc21)C(=O)NC(CC(=O)O)c1cccs1. The molecular formula is C27H28N2O5S. The average Bonchev–Trinajstić information content (AvgIpc) is 3.47. The van der Waals surface area contributed by atoms with Gasteiger partial charge in [0.25, 0.3) is 0 Å². The minimum atomic E-state index is -1.02. The summed E-state index contributed by atoms with van der Waals surface area (Å²) in [5.41, 5.74) is 4.48. The number of rotatable bonds is 9. The quantitative estimate of drug-likeness (QED) is 0.392. The Morgan fingerprint density at radius 3 is 2.11 bits per heavy atom. The smallest absolute Gasteiger partial charge is 0.407 e. The molecule has 35 heavy (non-hydrogen) atoms. The lowest BCUT2D eigenvalue weighted by Crippen LogP contribution is -2.50. The van der Waals surface area contributed by atoms with Gasteiger partial charge in [-0.05, 0) is 39.6 Å². The van der Waals surface area contributed by atoms with Gasteiger partial charge < -0.3 is 20.5 Å². The van der Waals surface area contributed by atoms with Gasteiger partial charge in [0.05, 0.1) is 12.5 Å². The summed E-state index contributed by atoms with van der Waals surface area (Å²) in [7, 11) is 0. The Kier molecular flexibility index (Phi) is 7.51. The number of hydrogen-bond acceptors (Lipinski definition) is 5. The normalized spacial score (nSPS) is 14.0. The van der Waals surface area contributed by atoms with Gasteiger partial charge in [0.15, 0.2) is 0 Å². The highest BCUT2D eigenvalue weighted by Gasteiger charge is 2.31. The van der Waals surface area contributed by atoms with Gasteiger partial charge in [-0.25, -0.2) is 4.79 Å². The molecule has 0 fully saturated rings. The molecule has 3 aromatic rings. The highest BCUT2D eigenvalue weighted by atomic mass is 32.1. The van der Waals surface area contributed by atoms with Gasteiger partial charge in [0.2, 0.25) is 5.91 Å². The zero-order valence-electron chi connectivity index (χ0n) is 19.6. The molecule has 182 valence electrons. The Labute approximate surface area is 208 Å². The van der Waals surface area contributed by atoms with E-state index in [2.05, 4.69) is 22.8 Å². The highest BCUT2D eigenvalue weighted by Crippen LogP contribution is 2.44. The molecule has 0 aliphatic heterocycles. The van der Waals surface area contributed by atoms with Crippen LogP contribution in [0.5, 0.6) is 0 Å². The van der Waals surface area contributed by atoms with Gasteiger partial charge in [-0.1, -0.05) is 68.4 Å². The number of ether oxygens (including phenoxy) is 1. The summed E-state index contributed by atoms with van der Waals surface area (Å²) >= 11 is 1.37. The van der Waals surface area contributed by atoms with Crippen LogP contribution in [0.1, 0.15) is 48.2 Å².